The van der Waals surface area contributed by atoms with Crippen LogP contribution in [0.1, 0.15) is 38.8 Å². The van der Waals surface area contributed by atoms with Gasteiger partial charge in [-0.3, -0.25) is 14.4 Å². The molecular formula is C26H22N2O4S. The van der Waals surface area contributed by atoms with Crippen molar-refractivity contribution in [1.82, 2.24) is 4.57 Å². The molecule has 4 rings (SSSR count). The maximum Gasteiger partial charge on any atom is 0.326 e. The second kappa shape index (κ2) is 9.75. The van der Waals surface area contributed by atoms with E-state index in [1.807, 2.05) is 43.3 Å². The SMILES string of the molecule is CCOC(=O)Cn1c(=NC(=O)c2ccc(C(=O)c3ccccc3)cc2)sc2cc(C)ccc21. The molecule has 4 aromatic rings. The number of nitrogens with zero attached hydrogens (tertiary/aromatic N) is 2. The van der Waals surface area contributed by atoms with Gasteiger partial charge in [0.2, 0.25) is 0 Å². The molecule has 7 heteroatoms. The molecule has 0 bridgehead atoms. The number of aryl methyl sites for hydroxylation is 1. The number of carbonyl (C=O) groups is 3. The van der Waals surface area contributed by atoms with Crippen LogP contribution >= 0.6 is 11.3 Å². The quantitative estimate of drug-likeness (QED) is 0.314. The summed E-state index contributed by atoms with van der Waals surface area (Å²) in [5.74, 6) is -0.955. The van der Waals surface area contributed by atoms with Crippen LogP contribution in [0.4, 0.5) is 0 Å². The third kappa shape index (κ3) is 4.99. The van der Waals surface area contributed by atoms with Crippen LogP contribution in [-0.4, -0.2) is 28.8 Å². The van der Waals surface area contributed by atoms with Gasteiger partial charge < -0.3 is 9.30 Å². The predicted molar refractivity (Wildman–Crippen MR) is 127 cm³/mol. The summed E-state index contributed by atoms with van der Waals surface area (Å²) in [6, 6.07) is 21.3. The highest BCUT2D eigenvalue weighted by Gasteiger charge is 2.14. The van der Waals surface area contributed by atoms with Crippen LogP contribution in [0.5, 0.6) is 0 Å². The van der Waals surface area contributed by atoms with Crippen molar-refractivity contribution in [1.29, 1.82) is 0 Å². The minimum atomic E-state index is -0.449. The summed E-state index contributed by atoms with van der Waals surface area (Å²) in [6.45, 7) is 3.97. The molecule has 0 aliphatic rings. The van der Waals surface area contributed by atoms with Crippen LogP contribution in [-0.2, 0) is 16.1 Å². The fourth-order valence-electron chi connectivity index (χ4n) is 3.43. The first kappa shape index (κ1) is 22.4. The molecule has 0 spiro atoms. The second-order valence-electron chi connectivity index (χ2n) is 7.44. The molecule has 6 nitrogen and oxygen atoms in total. The van der Waals surface area contributed by atoms with E-state index in [4.69, 9.17) is 4.74 Å². The first-order valence-electron chi connectivity index (χ1n) is 10.5. The Balaban J connectivity index is 1.67. The van der Waals surface area contributed by atoms with Crippen LogP contribution in [0.2, 0.25) is 0 Å². The number of hydrogen-bond donors (Lipinski definition) is 0. The summed E-state index contributed by atoms with van der Waals surface area (Å²) in [7, 11) is 0. The van der Waals surface area contributed by atoms with Gasteiger partial charge in [-0.25, -0.2) is 0 Å². The first-order chi connectivity index (χ1) is 16.0. The van der Waals surface area contributed by atoms with Crippen LogP contribution in [0.3, 0.4) is 0 Å². The summed E-state index contributed by atoms with van der Waals surface area (Å²) < 4.78 is 7.71. The number of fused-ring (bicyclic) bond motifs is 1. The maximum absolute atomic E-state index is 12.9. The van der Waals surface area contributed by atoms with Gasteiger partial charge >= 0.3 is 5.97 Å². The Kier molecular flexibility index (Phi) is 6.60. The molecule has 1 aromatic heterocycles. The zero-order chi connectivity index (χ0) is 23.4. The van der Waals surface area contributed by atoms with E-state index in [0.717, 1.165) is 15.8 Å². The van der Waals surface area contributed by atoms with Crippen molar-refractivity contribution >= 4 is 39.2 Å². The zero-order valence-electron chi connectivity index (χ0n) is 18.3. The molecule has 0 aliphatic carbocycles. The van der Waals surface area contributed by atoms with Crippen LogP contribution < -0.4 is 4.80 Å². The van der Waals surface area contributed by atoms with Crippen molar-refractivity contribution in [2.45, 2.75) is 20.4 Å². The summed E-state index contributed by atoms with van der Waals surface area (Å²) in [6.07, 6.45) is 0. The van der Waals surface area contributed by atoms with E-state index in [2.05, 4.69) is 4.99 Å². The van der Waals surface area contributed by atoms with Crippen LogP contribution in [0, 0.1) is 6.92 Å². The van der Waals surface area contributed by atoms with Gasteiger partial charge in [0.1, 0.15) is 6.54 Å². The Morgan fingerprint density at radius 2 is 1.58 bits per heavy atom. The van der Waals surface area contributed by atoms with Crippen molar-refractivity contribution < 1.29 is 19.1 Å². The molecule has 3 aromatic carbocycles. The number of amides is 1. The first-order valence-corrected chi connectivity index (χ1v) is 11.3. The van der Waals surface area contributed by atoms with Gasteiger partial charge in [-0.15, -0.1) is 0 Å². The molecule has 0 unspecified atom stereocenters. The Morgan fingerprint density at radius 1 is 0.909 bits per heavy atom. The lowest BCUT2D eigenvalue weighted by molar-refractivity contribution is -0.143. The van der Waals surface area contributed by atoms with E-state index in [0.29, 0.717) is 21.5 Å². The van der Waals surface area contributed by atoms with E-state index in [-0.39, 0.29) is 18.9 Å². The van der Waals surface area contributed by atoms with Gasteiger partial charge in [0.25, 0.3) is 5.91 Å². The number of aromatic nitrogens is 1. The topological polar surface area (TPSA) is 77.7 Å². The fourth-order valence-corrected chi connectivity index (χ4v) is 4.55. The molecule has 1 heterocycles. The van der Waals surface area contributed by atoms with Gasteiger partial charge in [0.05, 0.1) is 16.8 Å². The van der Waals surface area contributed by atoms with Crippen molar-refractivity contribution in [3.63, 3.8) is 0 Å². The number of carbonyl (C=O) groups excluding carboxylic acids is 3. The molecule has 0 radical (unpaired) electrons. The average Bonchev–Trinajstić information content (AvgIpc) is 3.15. The summed E-state index contributed by atoms with van der Waals surface area (Å²) in [5, 5.41) is 0. The maximum atomic E-state index is 12.9. The lowest BCUT2D eigenvalue weighted by Gasteiger charge is -2.05. The van der Waals surface area contributed by atoms with E-state index in [9.17, 15) is 14.4 Å². The zero-order valence-corrected chi connectivity index (χ0v) is 19.1. The number of rotatable bonds is 6. The minimum absolute atomic E-state index is 0.0342. The van der Waals surface area contributed by atoms with Gasteiger partial charge in [-0.1, -0.05) is 59.9 Å². The van der Waals surface area contributed by atoms with Gasteiger partial charge in [-0.2, -0.15) is 4.99 Å². The largest absolute Gasteiger partial charge is 0.465 e. The fraction of sp³-hybridized carbons (Fsp3) is 0.154. The molecular weight excluding hydrogens is 436 g/mol. The molecule has 0 N–H and O–H groups in total. The standard InChI is InChI=1S/C26H22N2O4S/c1-3-32-23(29)16-28-21-14-9-17(2)15-22(21)33-26(28)27-25(31)20-12-10-19(11-13-20)24(30)18-7-5-4-6-8-18/h4-15H,3,16H2,1-2H3. The Morgan fingerprint density at radius 3 is 2.27 bits per heavy atom. The summed E-state index contributed by atoms with van der Waals surface area (Å²) >= 11 is 1.34. The van der Waals surface area contributed by atoms with E-state index in [1.54, 1.807) is 47.9 Å². The van der Waals surface area contributed by atoms with Crippen molar-refractivity contribution in [2.75, 3.05) is 6.61 Å². The van der Waals surface area contributed by atoms with Crippen molar-refractivity contribution in [3.05, 3.63) is 99.9 Å². The van der Waals surface area contributed by atoms with Crippen LogP contribution in [0.15, 0.2) is 77.8 Å². The average molecular weight is 459 g/mol. The van der Waals surface area contributed by atoms with Crippen molar-refractivity contribution in [3.8, 4) is 0 Å². The highest BCUT2D eigenvalue weighted by molar-refractivity contribution is 7.16. The number of ether oxygens (including phenoxy) is 1. The summed E-state index contributed by atoms with van der Waals surface area (Å²) in [4.78, 5) is 42.3. The Labute approximate surface area is 194 Å². The molecule has 33 heavy (non-hydrogen) atoms. The molecule has 0 saturated carbocycles. The highest BCUT2D eigenvalue weighted by atomic mass is 32.1. The lowest BCUT2D eigenvalue weighted by atomic mass is 10.0. The molecule has 0 aliphatic heterocycles. The lowest BCUT2D eigenvalue weighted by Crippen LogP contribution is -2.23. The number of thiazole rings is 1. The van der Waals surface area contributed by atoms with Crippen LogP contribution in [0.25, 0.3) is 10.2 Å². The van der Waals surface area contributed by atoms with E-state index >= 15 is 0 Å². The van der Waals surface area contributed by atoms with E-state index < -0.39 is 11.9 Å². The monoisotopic (exact) mass is 458 g/mol. The smallest absolute Gasteiger partial charge is 0.326 e. The molecule has 0 atom stereocenters. The minimum Gasteiger partial charge on any atom is -0.465 e. The molecule has 0 fully saturated rings. The number of esters is 1. The van der Waals surface area contributed by atoms with E-state index in [1.165, 1.54) is 11.3 Å². The Bertz CT molecular complexity index is 1400. The predicted octanol–water partition coefficient (Wildman–Crippen LogP) is 4.55. The number of hydrogen-bond acceptors (Lipinski definition) is 5. The third-order valence-electron chi connectivity index (χ3n) is 5.06. The number of ketones is 1. The van der Waals surface area contributed by atoms with Crippen molar-refractivity contribution in [2.24, 2.45) is 4.99 Å². The second-order valence-corrected chi connectivity index (χ2v) is 8.45. The van der Waals surface area contributed by atoms with Gasteiger partial charge in [0.15, 0.2) is 10.6 Å². The highest BCUT2D eigenvalue weighted by Crippen LogP contribution is 2.19. The Hall–Kier alpha value is -3.84. The van der Waals surface area contributed by atoms with Gasteiger partial charge in [0, 0.05) is 16.7 Å². The third-order valence-corrected chi connectivity index (χ3v) is 6.10. The molecule has 166 valence electrons. The molecule has 1 amide bonds. The normalized spacial score (nSPS) is 11.5. The molecule has 0 saturated heterocycles. The summed E-state index contributed by atoms with van der Waals surface area (Å²) in [5.41, 5.74) is 3.32. The van der Waals surface area contributed by atoms with Gasteiger partial charge in [-0.05, 0) is 43.7 Å². The number of benzene rings is 3.